The zero-order valence-electron chi connectivity index (χ0n) is 9.40. The summed E-state index contributed by atoms with van der Waals surface area (Å²) in [4.78, 5) is 14.4. The van der Waals surface area contributed by atoms with Gasteiger partial charge in [0.15, 0.2) is 0 Å². The summed E-state index contributed by atoms with van der Waals surface area (Å²) in [6, 6.07) is 0. The average Bonchev–Trinajstić information content (AvgIpc) is 2.87. The molecular weight excluding hydrogens is 242 g/mol. The van der Waals surface area contributed by atoms with E-state index in [2.05, 4.69) is 14.5 Å². The van der Waals surface area contributed by atoms with Crippen molar-refractivity contribution in [2.24, 2.45) is 0 Å². The molecule has 7 nitrogen and oxygen atoms in total. The first-order valence-corrected chi connectivity index (χ1v) is 5.83. The molecule has 2 aromatic heterocycles. The summed E-state index contributed by atoms with van der Waals surface area (Å²) in [5, 5.41) is 15.2. The summed E-state index contributed by atoms with van der Waals surface area (Å²) in [6.45, 7) is 4.45. The SMILES string of the molecule is CC(C)c1nsc(Cn2cc([N+](=O)[O-])cn2)n1. The molecule has 0 unspecified atom stereocenters. The smallest absolute Gasteiger partial charge is 0.259 e. The maximum Gasteiger partial charge on any atom is 0.307 e. The Balaban J connectivity index is 2.11. The van der Waals surface area contributed by atoms with Crippen LogP contribution in [0.1, 0.15) is 30.6 Å². The van der Waals surface area contributed by atoms with E-state index in [9.17, 15) is 10.1 Å². The number of hydrogen-bond donors (Lipinski definition) is 0. The Hall–Kier alpha value is -1.83. The van der Waals surface area contributed by atoms with Crippen molar-refractivity contribution in [1.29, 1.82) is 0 Å². The monoisotopic (exact) mass is 253 g/mol. The van der Waals surface area contributed by atoms with E-state index in [1.807, 2.05) is 13.8 Å². The second-order valence-corrected chi connectivity index (χ2v) is 4.69. The molecule has 0 atom stereocenters. The highest BCUT2D eigenvalue weighted by Gasteiger charge is 2.12. The molecule has 0 aliphatic rings. The van der Waals surface area contributed by atoms with Crippen LogP contribution in [0.25, 0.3) is 0 Å². The molecule has 0 amide bonds. The topological polar surface area (TPSA) is 86.7 Å². The first kappa shape index (κ1) is 11.6. The summed E-state index contributed by atoms with van der Waals surface area (Å²) < 4.78 is 5.70. The molecule has 90 valence electrons. The van der Waals surface area contributed by atoms with Crippen LogP contribution in [0.15, 0.2) is 12.4 Å². The fourth-order valence-corrected chi connectivity index (χ4v) is 2.01. The van der Waals surface area contributed by atoms with Gasteiger partial charge < -0.3 is 0 Å². The third-order valence-electron chi connectivity index (χ3n) is 2.13. The molecule has 0 aliphatic heterocycles. The van der Waals surface area contributed by atoms with Crippen LogP contribution in [0.5, 0.6) is 0 Å². The van der Waals surface area contributed by atoms with Gasteiger partial charge in [0.25, 0.3) is 0 Å². The van der Waals surface area contributed by atoms with Gasteiger partial charge in [0.05, 0.1) is 11.5 Å². The van der Waals surface area contributed by atoms with E-state index in [1.54, 1.807) is 0 Å². The Morgan fingerprint density at radius 1 is 1.59 bits per heavy atom. The largest absolute Gasteiger partial charge is 0.307 e. The van der Waals surface area contributed by atoms with Crippen molar-refractivity contribution >= 4 is 17.2 Å². The molecule has 0 saturated heterocycles. The van der Waals surface area contributed by atoms with Crippen molar-refractivity contribution in [2.75, 3.05) is 0 Å². The highest BCUT2D eigenvalue weighted by molar-refractivity contribution is 7.05. The number of hydrogen-bond acceptors (Lipinski definition) is 6. The van der Waals surface area contributed by atoms with Crippen LogP contribution in [0.3, 0.4) is 0 Å². The molecule has 0 N–H and O–H groups in total. The lowest BCUT2D eigenvalue weighted by atomic mass is 10.2. The van der Waals surface area contributed by atoms with Gasteiger partial charge in [-0.15, -0.1) is 0 Å². The normalized spacial score (nSPS) is 11.0. The van der Waals surface area contributed by atoms with Crippen LogP contribution in [0.2, 0.25) is 0 Å². The van der Waals surface area contributed by atoms with Crippen molar-refractivity contribution in [3.8, 4) is 0 Å². The van der Waals surface area contributed by atoms with Crippen molar-refractivity contribution in [1.82, 2.24) is 19.1 Å². The molecule has 0 aliphatic carbocycles. The highest BCUT2D eigenvalue weighted by atomic mass is 32.1. The quantitative estimate of drug-likeness (QED) is 0.612. The molecule has 17 heavy (non-hydrogen) atoms. The van der Waals surface area contributed by atoms with Crippen LogP contribution in [-0.2, 0) is 6.54 Å². The van der Waals surface area contributed by atoms with Crippen molar-refractivity contribution in [2.45, 2.75) is 26.3 Å². The number of rotatable bonds is 4. The van der Waals surface area contributed by atoms with E-state index in [0.717, 1.165) is 10.8 Å². The van der Waals surface area contributed by atoms with E-state index < -0.39 is 4.92 Å². The molecule has 2 heterocycles. The Morgan fingerprint density at radius 2 is 2.35 bits per heavy atom. The lowest BCUT2D eigenvalue weighted by Gasteiger charge is -1.96. The number of nitro groups is 1. The fraction of sp³-hybridized carbons (Fsp3) is 0.444. The van der Waals surface area contributed by atoms with Gasteiger partial charge in [-0.05, 0) is 11.5 Å². The number of aromatic nitrogens is 4. The van der Waals surface area contributed by atoms with E-state index in [-0.39, 0.29) is 11.6 Å². The second kappa shape index (κ2) is 4.58. The van der Waals surface area contributed by atoms with Crippen LogP contribution in [-0.4, -0.2) is 24.1 Å². The molecule has 0 saturated carbocycles. The Kier molecular flexibility index (Phi) is 3.14. The lowest BCUT2D eigenvalue weighted by Crippen LogP contribution is -2.00. The maximum atomic E-state index is 10.5. The van der Waals surface area contributed by atoms with Crippen LogP contribution in [0, 0.1) is 10.1 Å². The molecule has 0 spiro atoms. The van der Waals surface area contributed by atoms with Gasteiger partial charge in [0.2, 0.25) is 0 Å². The number of nitrogens with zero attached hydrogens (tertiary/aromatic N) is 5. The van der Waals surface area contributed by atoms with E-state index in [4.69, 9.17) is 0 Å². The standard InChI is InChI=1S/C9H11N5O2S/c1-6(2)9-11-8(17-12-9)5-13-4-7(3-10-13)14(15)16/h3-4,6H,5H2,1-2H3. The first-order chi connectivity index (χ1) is 8.06. The molecule has 0 aromatic carbocycles. The predicted molar refractivity (Wildman–Crippen MR) is 62.0 cm³/mol. The molecule has 0 radical (unpaired) electrons. The van der Waals surface area contributed by atoms with Crippen LogP contribution >= 0.6 is 11.5 Å². The Labute approximate surface area is 101 Å². The fourth-order valence-electron chi connectivity index (χ4n) is 1.24. The van der Waals surface area contributed by atoms with Gasteiger partial charge >= 0.3 is 5.69 Å². The summed E-state index contributed by atoms with van der Waals surface area (Å²) in [6.07, 6.45) is 2.61. The van der Waals surface area contributed by atoms with Gasteiger partial charge in [-0.25, -0.2) is 4.98 Å². The van der Waals surface area contributed by atoms with E-state index in [0.29, 0.717) is 6.54 Å². The van der Waals surface area contributed by atoms with Gasteiger partial charge in [-0.1, -0.05) is 13.8 Å². The van der Waals surface area contributed by atoms with Gasteiger partial charge in [-0.2, -0.15) is 9.47 Å². The summed E-state index contributed by atoms with van der Waals surface area (Å²) in [5.74, 6) is 1.08. The molecular formula is C9H11N5O2S. The minimum Gasteiger partial charge on any atom is -0.259 e. The zero-order chi connectivity index (χ0) is 12.4. The Bertz CT molecular complexity index is 533. The minimum absolute atomic E-state index is 0.0152. The van der Waals surface area contributed by atoms with Crippen molar-refractivity contribution < 1.29 is 4.92 Å². The molecule has 8 heteroatoms. The van der Waals surface area contributed by atoms with Crippen molar-refractivity contribution in [3.05, 3.63) is 33.3 Å². The molecule has 2 aromatic rings. The zero-order valence-corrected chi connectivity index (χ0v) is 10.2. The lowest BCUT2D eigenvalue weighted by molar-refractivity contribution is -0.385. The summed E-state index contributed by atoms with van der Waals surface area (Å²) >= 11 is 1.30. The highest BCUT2D eigenvalue weighted by Crippen LogP contribution is 2.15. The average molecular weight is 253 g/mol. The van der Waals surface area contributed by atoms with Crippen LogP contribution in [0.4, 0.5) is 5.69 Å². The van der Waals surface area contributed by atoms with Gasteiger partial charge in [-0.3, -0.25) is 14.8 Å². The van der Waals surface area contributed by atoms with Gasteiger partial charge in [0.1, 0.15) is 23.2 Å². The molecule has 2 rings (SSSR count). The third-order valence-corrected chi connectivity index (χ3v) is 2.84. The summed E-state index contributed by atoms with van der Waals surface area (Å²) in [7, 11) is 0. The predicted octanol–water partition coefficient (Wildman–Crippen LogP) is 1.81. The van der Waals surface area contributed by atoms with E-state index in [1.165, 1.54) is 28.6 Å². The molecule has 0 fully saturated rings. The molecule has 0 bridgehead atoms. The van der Waals surface area contributed by atoms with Gasteiger partial charge in [0, 0.05) is 5.92 Å². The third kappa shape index (κ3) is 2.64. The second-order valence-electron chi connectivity index (χ2n) is 3.85. The summed E-state index contributed by atoms with van der Waals surface area (Å²) in [5.41, 5.74) is -0.0152. The van der Waals surface area contributed by atoms with E-state index >= 15 is 0 Å². The first-order valence-electron chi connectivity index (χ1n) is 5.05. The van der Waals surface area contributed by atoms with Crippen LogP contribution < -0.4 is 0 Å². The Morgan fingerprint density at radius 3 is 2.88 bits per heavy atom. The maximum absolute atomic E-state index is 10.5. The minimum atomic E-state index is -0.469. The van der Waals surface area contributed by atoms with Crippen molar-refractivity contribution in [3.63, 3.8) is 0 Å².